The van der Waals surface area contributed by atoms with E-state index in [1.54, 1.807) is 0 Å². The number of rotatable bonds is 4. The van der Waals surface area contributed by atoms with E-state index in [2.05, 4.69) is 13.8 Å². The maximum Gasteiger partial charge on any atom is 0.0736 e. The van der Waals surface area contributed by atoms with Gasteiger partial charge in [0.05, 0.1) is 5.60 Å². The molecule has 14 heavy (non-hydrogen) atoms. The minimum Gasteiger partial charge on any atom is -0.389 e. The summed E-state index contributed by atoms with van der Waals surface area (Å²) in [4.78, 5) is 0. The molecule has 0 radical (unpaired) electrons. The Morgan fingerprint density at radius 3 is 2.36 bits per heavy atom. The van der Waals surface area contributed by atoms with Crippen LogP contribution in [0, 0.1) is 11.3 Å². The zero-order valence-corrected chi connectivity index (χ0v) is 9.68. The molecule has 0 aromatic carbocycles. The van der Waals surface area contributed by atoms with Gasteiger partial charge < -0.3 is 5.11 Å². The van der Waals surface area contributed by atoms with Crippen LogP contribution in [-0.4, -0.2) is 10.7 Å². The molecule has 0 aromatic heterocycles. The summed E-state index contributed by atoms with van der Waals surface area (Å²) in [7, 11) is 0. The van der Waals surface area contributed by atoms with Crippen molar-refractivity contribution >= 4 is 0 Å². The predicted molar refractivity (Wildman–Crippen MR) is 59.2 cm³/mol. The van der Waals surface area contributed by atoms with E-state index >= 15 is 0 Å². The SMILES string of the molecule is CCCC1CC1(O)C1(CC)CCCC1. The van der Waals surface area contributed by atoms with Gasteiger partial charge >= 0.3 is 0 Å². The lowest BCUT2D eigenvalue weighted by atomic mass is 9.74. The van der Waals surface area contributed by atoms with Crippen molar-refractivity contribution in [3.63, 3.8) is 0 Å². The maximum absolute atomic E-state index is 10.7. The van der Waals surface area contributed by atoms with Gasteiger partial charge in [0, 0.05) is 0 Å². The number of hydrogen-bond donors (Lipinski definition) is 1. The summed E-state index contributed by atoms with van der Waals surface area (Å²) in [5.41, 5.74) is 0.0566. The van der Waals surface area contributed by atoms with Crippen molar-refractivity contribution in [1.82, 2.24) is 0 Å². The first-order chi connectivity index (χ1) is 6.68. The van der Waals surface area contributed by atoms with E-state index in [0.29, 0.717) is 11.3 Å². The molecular weight excluding hydrogens is 172 g/mol. The van der Waals surface area contributed by atoms with Gasteiger partial charge in [-0.15, -0.1) is 0 Å². The summed E-state index contributed by atoms with van der Waals surface area (Å²) >= 11 is 0. The van der Waals surface area contributed by atoms with Crippen LogP contribution in [0.5, 0.6) is 0 Å². The van der Waals surface area contributed by atoms with Crippen molar-refractivity contribution in [2.24, 2.45) is 11.3 Å². The Bertz CT molecular complexity index is 205. The van der Waals surface area contributed by atoms with E-state index in [1.807, 2.05) is 0 Å². The van der Waals surface area contributed by atoms with Gasteiger partial charge in [-0.2, -0.15) is 0 Å². The molecule has 0 aromatic rings. The third-order valence-electron chi connectivity index (χ3n) is 4.87. The van der Waals surface area contributed by atoms with Crippen LogP contribution in [0.25, 0.3) is 0 Å². The fourth-order valence-electron chi connectivity index (χ4n) is 3.80. The van der Waals surface area contributed by atoms with Crippen molar-refractivity contribution in [3.05, 3.63) is 0 Å². The Kier molecular flexibility index (Phi) is 2.63. The lowest BCUT2D eigenvalue weighted by Gasteiger charge is -2.35. The molecule has 0 aliphatic heterocycles. The molecule has 0 amide bonds. The van der Waals surface area contributed by atoms with Crippen LogP contribution in [0.4, 0.5) is 0 Å². The molecular formula is C13H24O. The molecule has 1 heteroatoms. The Morgan fingerprint density at radius 1 is 1.21 bits per heavy atom. The first-order valence-electron chi connectivity index (χ1n) is 6.41. The zero-order chi connectivity index (χ0) is 10.2. The topological polar surface area (TPSA) is 20.2 Å². The Balaban J connectivity index is 2.06. The standard InChI is InChI=1S/C13H24O/c1-3-7-11-10-13(11,14)12(4-2)8-5-6-9-12/h11,14H,3-10H2,1-2H3. The van der Waals surface area contributed by atoms with E-state index in [1.165, 1.54) is 44.9 Å². The Hall–Kier alpha value is -0.0400. The van der Waals surface area contributed by atoms with Crippen molar-refractivity contribution in [2.45, 2.75) is 70.8 Å². The highest BCUT2D eigenvalue weighted by Crippen LogP contribution is 2.64. The summed E-state index contributed by atoms with van der Waals surface area (Å²) in [5.74, 6) is 0.630. The number of hydrogen-bond acceptors (Lipinski definition) is 1. The van der Waals surface area contributed by atoms with Gasteiger partial charge in [-0.25, -0.2) is 0 Å². The maximum atomic E-state index is 10.7. The molecule has 1 N–H and O–H groups in total. The van der Waals surface area contributed by atoms with Gasteiger partial charge in [-0.3, -0.25) is 0 Å². The molecule has 2 atom stereocenters. The average Bonchev–Trinajstić information content (AvgIpc) is 2.70. The van der Waals surface area contributed by atoms with Crippen molar-refractivity contribution < 1.29 is 5.11 Å². The highest BCUT2D eigenvalue weighted by Gasteiger charge is 2.64. The predicted octanol–water partition coefficient (Wildman–Crippen LogP) is 3.51. The van der Waals surface area contributed by atoms with Gasteiger partial charge in [-0.05, 0) is 43.4 Å². The number of aliphatic hydroxyl groups is 1. The highest BCUT2D eigenvalue weighted by molar-refractivity contribution is 5.15. The normalized spacial score (nSPS) is 40.1. The third-order valence-corrected chi connectivity index (χ3v) is 4.87. The summed E-state index contributed by atoms with van der Waals surface area (Å²) in [6.07, 6.45) is 9.98. The minimum absolute atomic E-state index is 0.256. The molecule has 0 saturated heterocycles. The molecule has 2 saturated carbocycles. The van der Waals surface area contributed by atoms with Gasteiger partial charge in [0.1, 0.15) is 0 Å². The van der Waals surface area contributed by atoms with E-state index in [0.717, 1.165) is 6.42 Å². The smallest absolute Gasteiger partial charge is 0.0736 e. The minimum atomic E-state index is -0.256. The summed E-state index contributed by atoms with van der Waals surface area (Å²) in [5, 5.41) is 10.7. The Labute approximate surface area is 87.9 Å². The van der Waals surface area contributed by atoms with Crippen LogP contribution < -0.4 is 0 Å². The van der Waals surface area contributed by atoms with Crippen molar-refractivity contribution in [2.75, 3.05) is 0 Å². The van der Waals surface area contributed by atoms with Gasteiger partial charge in [0.2, 0.25) is 0 Å². The summed E-state index contributed by atoms with van der Waals surface area (Å²) in [6.45, 7) is 4.50. The van der Waals surface area contributed by atoms with Crippen LogP contribution in [0.1, 0.15) is 65.2 Å². The second-order valence-electron chi connectivity index (χ2n) is 5.45. The second-order valence-corrected chi connectivity index (χ2v) is 5.45. The van der Waals surface area contributed by atoms with Gasteiger partial charge in [0.15, 0.2) is 0 Å². The van der Waals surface area contributed by atoms with Gasteiger partial charge in [0.25, 0.3) is 0 Å². The lowest BCUT2D eigenvalue weighted by Crippen LogP contribution is -2.36. The highest BCUT2D eigenvalue weighted by atomic mass is 16.3. The first-order valence-corrected chi connectivity index (χ1v) is 6.41. The van der Waals surface area contributed by atoms with E-state index in [9.17, 15) is 5.11 Å². The van der Waals surface area contributed by atoms with Crippen LogP contribution in [-0.2, 0) is 0 Å². The fraction of sp³-hybridized carbons (Fsp3) is 1.00. The quantitative estimate of drug-likeness (QED) is 0.729. The molecule has 0 heterocycles. The molecule has 2 aliphatic rings. The average molecular weight is 196 g/mol. The second kappa shape index (κ2) is 3.52. The molecule has 2 unspecified atom stereocenters. The zero-order valence-electron chi connectivity index (χ0n) is 9.68. The first kappa shape index (κ1) is 10.5. The molecule has 0 spiro atoms. The van der Waals surface area contributed by atoms with E-state index in [4.69, 9.17) is 0 Å². The largest absolute Gasteiger partial charge is 0.389 e. The molecule has 2 rings (SSSR count). The summed E-state index contributed by atoms with van der Waals surface area (Å²) < 4.78 is 0. The Morgan fingerprint density at radius 2 is 1.86 bits per heavy atom. The van der Waals surface area contributed by atoms with Crippen molar-refractivity contribution in [1.29, 1.82) is 0 Å². The molecule has 0 bridgehead atoms. The third kappa shape index (κ3) is 1.32. The van der Waals surface area contributed by atoms with Crippen molar-refractivity contribution in [3.8, 4) is 0 Å². The molecule has 2 aliphatic carbocycles. The summed E-state index contributed by atoms with van der Waals surface area (Å²) in [6, 6.07) is 0. The molecule has 82 valence electrons. The van der Waals surface area contributed by atoms with E-state index < -0.39 is 0 Å². The monoisotopic (exact) mass is 196 g/mol. The fourth-order valence-corrected chi connectivity index (χ4v) is 3.80. The van der Waals surface area contributed by atoms with Gasteiger partial charge in [-0.1, -0.05) is 33.1 Å². The lowest BCUT2D eigenvalue weighted by molar-refractivity contribution is -0.0141. The van der Waals surface area contributed by atoms with Crippen LogP contribution in [0.2, 0.25) is 0 Å². The molecule has 2 fully saturated rings. The molecule has 1 nitrogen and oxygen atoms in total. The van der Waals surface area contributed by atoms with Crippen LogP contribution in [0.3, 0.4) is 0 Å². The van der Waals surface area contributed by atoms with Crippen LogP contribution in [0.15, 0.2) is 0 Å². The van der Waals surface area contributed by atoms with E-state index in [-0.39, 0.29) is 5.60 Å². The van der Waals surface area contributed by atoms with Crippen LogP contribution >= 0.6 is 0 Å².